The van der Waals surface area contributed by atoms with Crippen LogP contribution in [0.5, 0.6) is 0 Å². The second kappa shape index (κ2) is 3.92. The number of benzene rings is 1. The highest BCUT2D eigenvalue weighted by atomic mass is 32.2. The van der Waals surface area contributed by atoms with Crippen molar-refractivity contribution in [1.82, 2.24) is 5.32 Å². The van der Waals surface area contributed by atoms with E-state index in [0.717, 1.165) is 10.5 Å². The van der Waals surface area contributed by atoms with E-state index in [0.29, 0.717) is 0 Å². The normalized spacial score (nSPS) is 24.6. The molecule has 15 heavy (non-hydrogen) atoms. The molecule has 78 valence electrons. The van der Waals surface area contributed by atoms with Crippen molar-refractivity contribution in [2.24, 2.45) is 0 Å². The van der Waals surface area contributed by atoms with E-state index in [9.17, 15) is 10.0 Å². The predicted molar refractivity (Wildman–Crippen MR) is 63.7 cm³/mol. The van der Waals surface area contributed by atoms with Crippen molar-refractivity contribution in [3.8, 4) is 0 Å². The van der Waals surface area contributed by atoms with Crippen LogP contribution in [0.25, 0.3) is 4.91 Å². The molecule has 0 amide bonds. The molecular formula is C10H12BNO2S. The van der Waals surface area contributed by atoms with Crippen molar-refractivity contribution >= 4 is 23.8 Å². The summed E-state index contributed by atoms with van der Waals surface area (Å²) in [6.07, 6.45) is 1.82. The van der Waals surface area contributed by atoms with Crippen molar-refractivity contribution < 1.29 is 10.0 Å². The fraction of sp³-hybridized carbons (Fsp3) is 0.200. The molecule has 3 N–H and O–H groups in total. The van der Waals surface area contributed by atoms with Crippen LogP contribution in [0.4, 0.5) is 0 Å². The van der Waals surface area contributed by atoms with Gasteiger partial charge < -0.3 is 15.4 Å². The molecule has 1 aromatic rings. The Morgan fingerprint density at radius 3 is 2.47 bits per heavy atom. The smallest absolute Gasteiger partial charge is 0.425 e. The second-order valence-corrected chi connectivity index (χ2v) is 5.09. The minimum Gasteiger partial charge on any atom is -0.425 e. The monoisotopic (exact) mass is 221 g/mol. The predicted octanol–water partition coefficient (Wildman–Crippen LogP) is 1.05. The van der Waals surface area contributed by atoms with E-state index in [-0.39, 0.29) is 0 Å². The molecule has 1 aromatic carbocycles. The summed E-state index contributed by atoms with van der Waals surface area (Å²) in [4.78, 5) is 1.02. The van der Waals surface area contributed by atoms with Crippen molar-refractivity contribution in [2.45, 2.75) is 11.7 Å². The van der Waals surface area contributed by atoms with Gasteiger partial charge in [0.15, 0.2) is 0 Å². The minimum absolute atomic E-state index is 0.745. The van der Waals surface area contributed by atoms with Gasteiger partial charge in [0, 0.05) is 11.1 Å². The first-order valence-corrected chi connectivity index (χ1v) is 5.52. The quantitative estimate of drug-likeness (QED) is 0.653. The fourth-order valence-corrected chi connectivity index (χ4v) is 2.42. The molecular weight excluding hydrogens is 209 g/mol. The lowest BCUT2D eigenvalue weighted by Gasteiger charge is -2.22. The molecule has 0 saturated heterocycles. The highest BCUT2D eigenvalue weighted by molar-refractivity contribution is 8.11. The Hall–Kier alpha value is -0.905. The van der Waals surface area contributed by atoms with E-state index in [1.54, 1.807) is 6.92 Å². The third-order valence-corrected chi connectivity index (χ3v) is 3.69. The topological polar surface area (TPSA) is 52.5 Å². The van der Waals surface area contributed by atoms with Gasteiger partial charge in [0.25, 0.3) is 0 Å². The molecule has 0 saturated carbocycles. The van der Waals surface area contributed by atoms with Gasteiger partial charge in [-0.25, -0.2) is 0 Å². The van der Waals surface area contributed by atoms with E-state index in [4.69, 9.17) is 0 Å². The lowest BCUT2D eigenvalue weighted by molar-refractivity contribution is 0.375. The Kier molecular flexibility index (Phi) is 2.77. The number of hydrogen-bond donors (Lipinski definition) is 3. The number of rotatable bonds is 2. The molecule has 0 aliphatic carbocycles. The molecule has 0 bridgehead atoms. The first-order valence-electron chi connectivity index (χ1n) is 4.70. The van der Waals surface area contributed by atoms with Crippen molar-refractivity contribution in [3.63, 3.8) is 0 Å². The van der Waals surface area contributed by atoms with Gasteiger partial charge in [-0.15, -0.1) is 0 Å². The molecule has 0 aromatic heterocycles. The third kappa shape index (κ3) is 2.04. The summed E-state index contributed by atoms with van der Waals surface area (Å²) in [6.45, 7) is 1.76. The van der Waals surface area contributed by atoms with Gasteiger partial charge in [-0.05, 0) is 12.5 Å². The van der Waals surface area contributed by atoms with Crippen molar-refractivity contribution in [1.29, 1.82) is 0 Å². The van der Waals surface area contributed by atoms with Crippen LogP contribution in [0.2, 0.25) is 0 Å². The molecule has 1 heterocycles. The van der Waals surface area contributed by atoms with Crippen LogP contribution in [0.3, 0.4) is 0 Å². The summed E-state index contributed by atoms with van der Waals surface area (Å²) in [6, 6.07) is 9.87. The Labute approximate surface area is 93.3 Å². The summed E-state index contributed by atoms with van der Waals surface area (Å²) < 4.78 is -0.745. The van der Waals surface area contributed by atoms with Gasteiger partial charge in [-0.2, -0.15) is 0 Å². The van der Waals surface area contributed by atoms with Gasteiger partial charge in [0.2, 0.25) is 0 Å². The van der Waals surface area contributed by atoms with E-state index < -0.39 is 11.9 Å². The standard InChI is InChI=1S/C10H12BNO2S/c1-10(11(13)14)12-7-9(15-10)8-5-3-2-4-6-8/h2-7,12-14H,1H3. The second-order valence-electron chi connectivity index (χ2n) is 3.60. The van der Waals surface area contributed by atoms with Crippen LogP contribution in [0.15, 0.2) is 36.5 Å². The van der Waals surface area contributed by atoms with Crippen molar-refractivity contribution in [2.75, 3.05) is 0 Å². The maximum Gasteiger partial charge on any atom is 0.489 e. The maximum absolute atomic E-state index is 9.21. The third-order valence-electron chi connectivity index (χ3n) is 2.36. The number of nitrogens with one attached hydrogen (secondary N) is 1. The summed E-state index contributed by atoms with van der Waals surface area (Å²) in [5.74, 6) is 0. The minimum atomic E-state index is -1.39. The summed E-state index contributed by atoms with van der Waals surface area (Å²) in [7, 11) is -1.39. The summed E-state index contributed by atoms with van der Waals surface area (Å²) in [5.41, 5.74) is 1.08. The first kappa shape index (κ1) is 10.6. The molecule has 0 radical (unpaired) electrons. The maximum atomic E-state index is 9.21. The Morgan fingerprint density at radius 1 is 1.27 bits per heavy atom. The van der Waals surface area contributed by atoms with E-state index in [1.165, 1.54) is 11.8 Å². The molecule has 1 unspecified atom stereocenters. The van der Waals surface area contributed by atoms with Crippen molar-refractivity contribution in [3.05, 3.63) is 42.1 Å². The zero-order valence-corrected chi connectivity index (χ0v) is 9.16. The van der Waals surface area contributed by atoms with Gasteiger partial charge in [-0.3, -0.25) is 0 Å². The van der Waals surface area contributed by atoms with Crippen LogP contribution >= 0.6 is 11.8 Å². The average Bonchev–Trinajstić information content (AvgIpc) is 2.64. The molecule has 1 aliphatic heterocycles. The van der Waals surface area contributed by atoms with Crippen LogP contribution in [-0.4, -0.2) is 21.9 Å². The Bertz CT molecular complexity index is 382. The zero-order valence-electron chi connectivity index (χ0n) is 8.34. The molecule has 5 heteroatoms. The summed E-state index contributed by atoms with van der Waals surface area (Å²) in [5, 5.41) is 21.4. The number of hydrogen-bond acceptors (Lipinski definition) is 4. The largest absolute Gasteiger partial charge is 0.489 e. The van der Waals surface area contributed by atoms with E-state index in [1.807, 2.05) is 36.5 Å². The molecule has 1 aliphatic rings. The first-order chi connectivity index (χ1) is 7.12. The van der Waals surface area contributed by atoms with Crippen LogP contribution in [-0.2, 0) is 0 Å². The van der Waals surface area contributed by atoms with E-state index >= 15 is 0 Å². The van der Waals surface area contributed by atoms with Gasteiger partial charge in [0.1, 0.15) is 4.77 Å². The lowest BCUT2D eigenvalue weighted by atomic mass is 9.80. The van der Waals surface area contributed by atoms with Crippen LogP contribution < -0.4 is 5.32 Å². The Morgan fingerprint density at radius 2 is 1.93 bits per heavy atom. The van der Waals surface area contributed by atoms with Gasteiger partial charge in [-0.1, -0.05) is 42.1 Å². The highest BCUT2D eigenvalue weighted by Gasteiger charge is 2.41. The summed E-state index contributed by atoms with van der Waals surface area (Å²) >= 11 is 1.42. The molecule has 1 atom stereocenters. The highest BCUT2D eigenvalue weighted by Crippen LogP contribution is 2.41. The van der Waals surface area contributed by atoms with Gasteiger partial charge in [0.05, 0.1) is 0 Å². The van der Waals surface area contributed by atoms with Gasteiger partial charge >= 0.3 is 7.12 Å². The van der Waals surface area contributed by atoms with Crippen LogP contribution in [0.1, 0.15) is 12.5 Å². The zero-order chi connectivity index (χ0) is 10.9. The number of thioether (sulfide) groups is 1. The Balaban J connectivity index is 2.17. The fourth-order valence-electron chi connectivity index (χ4n) is 1.37. The van der Waals surface area contributed by atoms with Crippen LogP contribution in [0, 0.1) is 0 Å². The van der Waals surface area contributed by atoms with E-state index in [2.05, 4.69) is 5.32 Å². The molecule has 0 spiro atoms. The molecule has 3 nitrogen and oxygen atoms in total. The SMILES string of the molecule is CC1(B(O)O)NC=C(c2ccccc2)S1. The molecule has 2 rings (SSSR count). The lowest BCUT2D eigenvalue weighted by Crippen LogP contribution is -2.48. The molecule has 0 fully saturated rings. The average molecular weight is 221 g/mol.